The second kappa shape index (κ2) is 4.60. The standard InChI is InChI=1S/C11H23N3/c1-12-8-10-7-11(10)9-14-5-3-13(2)4-6-14/h10-12H,3-9H2,1-2H3/t10-,11-/m1/s1. The Balaban J connectivity index is 1.62. The van der Waals surface area contributed by atoms with E-state index in [1.165, 1.54) is 45.7 Å². The summed E-state index contributed by atoms with van der Waals surface area (Å²) in [6.45, 7) is 7.63. The minimum absolute atomic E-state index is 0.972. The highest BCUT2D eigenvalue weighted by Crippen LogP contribution is 2.38. The van der Waals surface area contributed by atoms with Crippen LogP contribution in [0.3, 0.4) is 0 Å². The Morgan fingerprint density at radius 1 is 1.14 bits per heavy atom. The Bertz CT molecular complexity index is 175. The third-order valence-corrected chi connectivity index (χ3v) is 3.62. The number of rotatable bonds is 4. The van der Waals surface area contributed by atoms with E-state index in [-0.39, 0.29) is 0 Å². The van der Waals surface area contributed by atoms with Gasteiger partial charge in [-0.2, -0.15) is 0 Å². The minimum Gasteiger partial charge on any atom is -0.319 e. The van der Waals surface area contributed by atoms with Gasteiger partial charge in [0.1, 0.15) is 0 Å². The summed E-state index contributed by atoms with van der Waals surface area (Å²) in [7, 11) is 4.28. The molecule has 0 spiro atoms. The number of hydrogen-bond acceptors (Lipinski definition) is 3. The van der Waals surface area contributed by atoms with Crippen LogP contribution in [0.25, 0.3) is 0 Å². The zero-order valence-corrected chi connectivity index (χ0v) is 9.50. The molecule has 0 bridgehead atoms. The maximum Gasteiger partial charge on any atom is 0.0110 e. The number of piperazine rings is 1. The number of nitrogens with zero attached hydrogens (tertiary/aromatic N) is 2. The summed E-state index contributed by atoms with van der Waals surface area (Å²) in [5, 5.41) is 3.28. The van der Waals surface area contributed by atoms with Gasteiger partial charge < -0.3 is 15.1 Å². The molecule has 2 atom stereocenters. The van der Waals surface area contributed by atoms with Gasteiger partial charge in [0.05, 0.1) is 0 Å². The van der Waals surface area contributed by atoms with E-state index in [1.807, 2.05) is 0 Å². The molecule has 1 saturated heterocycles. The molecule has 3 nitrogen and oxygen atoms in total. The van der Waals surface area contributed by atoms with E-state index in [1.54, 1.807) is 0 Å². The van der Waals surface area contributed by atoms with Gasteiger partial charge in [0.2, 0.25) is 0 Å². The van der Waals surface area contributed by atoms with Crippen LogP contribution >= 0.6 is 0 Å². The van der Waals surface area contributed by atoms with Gasteiger partial charge in [-0.05, 0) is 38.9 Å². The molecular weight excluding hydrogens is 174 g/mol. The van der Waals surface area contributed by atoms with Gasteiger partial charge in [0, 0.05) is 32.7 Å². The van der Waals surface area contributed by atoms with Crippen LogP contribution in [0, 0.1) is 11.8 Å². The molecular formula is C11H23N3. The van der Waals surface area contributed by atoms with Gasteiger partial charge in [-0.25, -0.2) is 0 Å². The Labute approximate surface area is 87.4 Å². The quantitative estimate of drug-likeness (QED) is 0.689. The molecule has 1 N–H and O–H groups in total. The van der Waals surface area contributed by atoms with Crippen molar-refractivity contribution in [2.45, 2.75) is 6.42 Å². The second-order valence-corrected chi connectivity index (χ2v) is 4.92. The maximum atomic E-state index is 3.28. The van der Waals surface area contributed by atoms with Crippen LogP contribution in [0.2, 0.25) is 0 Å². The summed E-state index contributed by atoms with van der Waals surface area (Å²) >= 11 is 0. The van der Waals surface area contributed by atoms with E-state index in [9.17, 15) is 0 Å². The summed E-state index contributed by atoms with van der Waals surface area (Å²) in [6, 6.07) is 0. The Hall–Kier alpha value is -0.120. The first-order valence-corrected chi connectivity index (χ1v) is 5.85. The fraction of sp³-hybridized carbons (Fsp3) is 1.00. The highest BCUT2D eigenvalue weighted by atomic mass is 15.2. The molecule has 2 aliphatic rings. The van der Waals surface area contributed by atoms with Crippen molar-refractivity contribution in [1.29, 1.82) is 0 Å². The van der Waals surface area contributed by atoms with Gasteiger partial charge in [-0.15, -0.1) is 0 Å². The summed E-state index contributed by atoms with van der Waals surface area (Å²) in [6.07, 6.45) is 1.45. The maximum absolute atomic E-state index is 3.28. The zero-order chi connectivity index (χ0) is 9.97. The van der Waals surface area contributed by atoms with Crippen molar-refractivity contribution in [2.75, 3.05) is 53.4 Å². The number of nitrogens with one attached hydrogen (secondary N) is 1. The van der Waals surface area contributed by atoms with Crippen molar-refractivity contribution in [2.24, 2.45) is 11.8 Å². The molecule has 0 unspecified atom stereocenters. The Kier molecular flexibility index (Phi) is 3.42. The molecule has 0 aromatic heterocycles. The van der Waals surface area contributed by atoms with E-state index >= 15 is 0 Å². The van der Waals surface area contributed by atoms with E-state index in [0.29, 0.717) is 0 Å². The third-order valence-electron chi connectivity index (χ3n) is 3.62. The first-order valence-electron chi connectivity index (χ1n) is 5.85. The van der Waals surface area contributed by atoms with Crippen LogP contribution in [-0.4, -0.2) is 63.2 Å². The van der Waals surface area contributed by atoms with Gasteiger partial charge in [-0.1, -0.05) is 0 Å². The van der Waals surface area contributed by atoms with Crippen molar-refractivity contribution in [3.63, 3.8) is 0 Å². The zero-order valence-electron chi connectivity index (χ0n) is 9.50. The lowest BCUT2D eigenvalue weighted by molar-refractivity contribution is 0.147. The van der Waals surface area contributed by atoms with E-state index in [4.69, 9.17) is 0 Å². The lowest BCUT2D eigenvalue weighted by Gasteiger charge is -2.32. The summed E-state index contributed by atoms with van der Waals surface area (Å²) < 4.78 is 0. The van der Waals surface area contributed by atoms with Crippen molar-refractivity contribution < 1.29 is 0 Å². The second-order valence-electron chi connectivity index (χ2n) is 4.92. The minimum atomic E-state index is 0.972. The Morgan fingerprint density at radius 3 is 2.50 bits per heavy atom. The van der Waals surface area contributed by atoms with Crippen molar-refractivity contribution in [1.82, 2.24) is 15.1 Å². The van der Waals surface area contributed by atoms with Crippen LogP contribution < -0.4 is 5.32 Å². The molecule has 1 aliphatic carbocycles. The Morgan fingerprint density at radius 2 is 1.86 bits per heavy atom. The molecule has 0 amide bonds. The van der Waals surface area contributed by atoms with Gasteiger partial charge >= 0.3 is 0 Å². The number of likely N-dealkylation sites (N-methyl/N-ethyl adjacent to an activating group) is 1. The molecule has 2 rings (SSSR count). The lowest BCUT2D eigenvalue weighted by Crippen LogP contribution is -2.45. The van der Waals surface area contributed by atoms with E-state index in [0.717, 1.165) is 11.8 Å². The fourth-order valence-corrected chi connectivity index (χ4v) is 2.41. The van der Waals surface area contributed by atoms with Crippen molar-refractivity contribution >= 4 is 0 Å². The molecule has 82 valence electrons. The average molecular weight is 197 g/mol. The van der Waals surface area contributed by atoms with Crippen LogP contribution in [0.1, 0.15) is 6.42 Å². The molecule has 1 aliphatic heterocycles. The fourth-order valence-electron chi connectivity index (χ4n) is 2.41. The topological polar surface area (TPSA) is 18.5 Å². The molecule has 1 saturated carbocycles. The first-order chi connectivity index (χ1) is 6.79. The van der Waals surface area contributed by atoms with Gasteiger partial charge in [0.25, 0.3) is 0 Å². The van der Waals surface area contributed by atoms with Crippen LogP contribution in [-0.2, 0) is 0 Å². The SMILES string of the molecule is CNC[C@H]1C[C@@H]1CN1CCN(C)CC1. The molecule has 0 aromatic rings. The van der Waals surface area contributed by atoms with Crippen LogP contribution in [0.4, 0.5) is 0 Å². The highest BCUT2D eigenvalue weighted by molar-refractivity contribution is 4.90. The van der Waals surface area contributed by atoms with E-state index < -0.39 is 0 Å². The highest BCUT2D eigenvalue weighted by Gasteiger charge is 2.37. The molecule has 2 fully saturated rings. The monoisotopic (exact) mass is 197 g/mol. The van der Waals surface area contributed by atoms with Gasteiger partial charge in [0.15, 0.2) is 0 Å². The molecule has 14 heavy (non-hydrogen) atoms. The molecule has 0 aromatic carbocycles. The summed E-state index contributed by atoms with van der Waals surface area (Å²) in [5.41, 5.74) is 0. The van der Waals surface area contributed by atoms with Crippen LogP contribution in [0.15, 0.2) is 0 Å². The van der Waals surface area contributed by atoms with Crippen molar-refractivity contribution in [3.8, 4) is 0 Å². The lowest BCUT2D eigenvalue weighted by atomic mass is 10.2. The number of hydrogen-bond donors (Lipinski definition) is 1. The predicted octanol–water partition coefficient (Wildman–Crippen LogP) is 0.0893. The molecule has 0 radical (unpaired) electrons. The average Bonchev–Trinajstić information content (AvgIpc) is 2.89. The normalized spacial score (nSPS) is 34.7. The van der Waals surface area contributed by atoms with E-state index in [2.05, 4.69) is 29.2 Å². The first kappa shape index (κ1) is 10.4. The third kappa shape index (κ3) is 2.69. The molecule has 1 heterocycles. The summed E-state index contributed by atoms with van der Waals surface area (Å²) in [4.78, 5) is 5.06. The largest absolute Gasteiger partial charge is 0.319 e. The van der Waals surface area contributed by atoms with Gasteiger partial charge in [-0.3, -0.25) is 0 Å². The molecule has 3 heteroatoms. The van der Waals surface area contributed by atoms with Crippen LogP contribution in [0.5, 0.6) is 0 Å². The predicted molar refractivity (Wildman–Crippen MR) is 59.5 cm³/mol. The van der Waals surface area contributed by atoms with Crippen molar-refractivity contribution in [3.05, 3.63) is 0 Å². The summed E-state index contributed by atoms with van der Waals surface area (Å²) in [5.74, 6) is 1.96. The smallest absolute Gasteiger partial charge is 0.0110 e.